The molecule has 5 heteroatoms. The first kappa shape index (κ1) is 14.5. The number of ketones is 1. The first-order chi connectivity index (χ1) is 10.2. The van der Waals surface area contributed by atoms with Crippen LogP contribution in [-0.4, -0.2) is 15.3 Å². The molecule has 1 aromatic carbocycles. The lowest BCUT2D eigenvalue weighted by molar-refractivity contribution is 0.0976. The number of hydrogen-bond acceptors (Lipinski definition) is 3. The quantitative estimate of drug-likeness (QED) is 0.616. The molecule has 3 rings (SSSR count). The van der Waals surface area contributed by atoms with Crippen molar-refractivity contribution in [2.24, 2.45) is 0 Å². The molecule has 0 N–H and O–H groups in total. The van der Waals surface area contributed by atoms with Crippen molar-refractivity contribution in [3.05, 3.63) is 50.9 Å². The van der Waals surface area contributed by atoms with Crippen LogP contribution >= 0.6 is 27.3 Å². The minimum atomic E-state index is 0.131. The van der Waals surface area contributed by atoms with Crippen molar-refractivity contribution in [3.8, 4) is 0 Å². The average Bonchev–Trinajstić information content (AvgIpc) is 3.05. The lowest BCUT2D eigenvalue weighted by atomic mass is 10.2. The number of imidazole rings is 1. The molecule has 0 amide bonds. The van der Waals surface area contributed by atoms with Gasteiger partial charge in [-0.15, -0.1) is 11.3 Å². The minimum Gasteiger partial charge on any atom is -0.320 e. The Hall–Kier alpha value is -1.46. The summed E-state index contributed by atoms with van der Waals surface area (Å²) < 4.78 is 3.03. The van der Waals surface area contributed by atoms with Crippen LogP contribution in [-0.2, 0) is 13.0 Å². The highest BCUT2D eigenvalue weighted by Gasteiger charge is 2.15. The minimum absolute atomic E-state index is 0.131. The van der Waals surface area contributed by atoms with Gasteiger partial charge >= 0.3 is 0 Å². The maximum absolute atomic E-state index is 12.5. The van der Waals surface area contributed by atoms with Gasteiger partial charge in [0.05, 0.1) is 26.2 Å². The Kier molecular flexibility index (Phi) is 4.22. The van der Waals surface area contributed by atoms with Crippen LogP contribution in [0.1, 0.15) is 28.8 Å². The zero-order chi connectivity index (χ0) is 14.8. The van der Waals surface area contributed by atoms with E-state index in [0.29, 0.717) is 6.54 Å². The smallest absolute Gasteiger partial charge is 0.192 e. The number of benzene rings is 1. The third-order valence-electron chi connectivity index (χ3n) is 3.36. The van der Waals surface area contributed by atoms with Gasteiger partial charge in [-0.1, -0.05) is 19.1 Å². The summed E-state index contributed by atoms with van der Waals surface area (Å²) in [5.74, 6) is 1.12. The van der Waals surface area contributed by atoms with E-state index in [-0.39, 0.29) is 5.78 Å². The molecule has 0 aliphatic heterocycles. The van der Waals surface area contributed by atoms with Gasteiger partial charge in [0.1, 0.15) is 5.82 Å². The fourth-order valence-electron chi connectivity index (χ4n) is 2.40. The molecule has 0 saturated carbocycles. The summed E-state index contributed by atoms with van der Waals surface area (Å²) in [6.45, 7) is 2.48. The van der Waals surface area contributed by atoms with Crippen molar-refractivity contribution in [1.29, 1.82) is 0 Å². The van der Waals surface area contributed by atoms with Crippen LogP contribution in [0.2, 0.25) is 0 Å². The van der Waals surface area contributed by atoms with Crippen molar-refractivity contribution in [2.75, 3.05) is 0 Å². The molecule has 2 heterocycles. The van der Waals surface area contributed by atoms with E-state index in [1.807, 2.05) is 36.4 Å². The molecule has 0 atom stereocenters. The summed E-state index contributed by atoms with van der Waals surface area (Å²) in [4.78, 5) is 17.9. The van der Waals surface area contributed by atoms with Crippen molar-refractivity contribution in [2.45, 2.75) is 26.3 Å². The number of nitrogens with zero attached hydrogens (tertiary/aromatic N) is 2. The number of thiophene rings is 1. The summed E-state index contributed by atoms with van der Waals surface area (Å²) >= 11 is 4.88. The highest BCUT2D eigenvalue weighted by Crippen LogP contribution is 2.24. The average molecular weight is 363 g/mol. The number of rotatable bonds is 5. The highest BCUT2D eigenvalue weighted by atomic mass is 79.9. The van der Waals surface area contributed by atoms with E-state index in [2.05, 4.69) is 32.4 Å². The third kappa shape index (κ3) is 2.94. The Morgan fingerprint density at radius 1 is 1.29 bits per heavy atom. The fourth-order valence-corrected chi connectivity index (χ4v) is 3.72. The second-order valence-electron chi connectivity index (χ2n) is 4.88. The number of aromatic nitrogens is 2. The van der Waals surface area contributed by atoms with Crippen LogP contribution in [0.25, 0.3) is 11.0 Å². The first-order valence-corrected chi connectivity index (χ1v) is 8.52. The Morgan fingerprint density at radius 2 is 2.10 bits per heavy atom. The molecule has 0 unspecified atom stereocenters. The van der Waals surface area contributed by atoms with Gasteiger partial charge in [-0.25, -0.2) is 4.98 Å². The number of aryl methyl sites for hydroxylation is 1. The molecule has 108 valence electrons. The largest absolute Gasteiger partial charge is 0.320 e. The third-order valence-corrected chi connectivity index (χ3v) is 5.02. The molecule has 0 fully saturated rings. The zero-order valence-corrected chi connectivity index (χ0v) is 14.1. The van der Waals surface area contributed by atoms with Gasteiger partial charge in [-0.2, -0.15) is 0 Å². The van der Waals surface area contributed by atoms with Crippen molar-refractivity contribution < 1.29 is 4.79 Å². The fraction of sp³-hybridized carbons (Fsp3) is 0.250. The van der Waals surface area contributed by atoms with E-state index in [9.17, 15) is 4.79 Å². The van der Waals surface area contributed by atoms with Crippen molar-refractivity contribution >= 4 is 44.1 Å². The maximum Gasteiger partial charge on any atom is 0.192 e. The number of halogens is 1. The van der Waals surface area contributed by atoms with E-state index in [1.165, 1.54) is 11.3 Å². The molecule has 0 bridgehead atoms. The molecule has 3 nitrogen and oxygen atoms in total. The summed E-state index contributed by atoms with van der Waals surface area (Å²) in [7, 11) is 0. The summed E-state index contributed by atoms with van der Waals surface area (Å²) in [5, 5.41) is 0. The van der Waals surface area contributed by atoms with Gasteiger partial charge < -0.3 is 4.57 Å². The van der Waals surface area contributed by atoms with Crippen molar-refractivity contribution in [3.63, 3.8) is 0 Å². The van der Waals surface area contributed by atoms with Crippen LogP contribution in [0.5, 0.6) is 0 Å². The van der Waals surface area contributed by atoms with Gasteiger partial charge in [-0.05, 0) is 46.6 Å². The van der Waals surface area contributed by atoms with Gasteiger partial charge in [0.25, 0.3) is 0 Å². The topological polar surface area (TPSA) is 34.9 Å². The Bertz CT molecular complexity index is 791. The van der Waals surface area contributed by atoms with E-state index in [1.54, 1.807) is 0 Å². The van der Waals surface area contributed by atoms with Gasteiger partial charge in [0.2, 0.25) is 0 Å². The molecule has 21 heavy (non-hydrogen) atoms. The van der Waals surface area contributed by atoms with Crippen LogP contribution < -0.4 is 0 Å². The molecular formula is C16H15BrN2OS. The van der Waals surface area contributed by atoms with E-state index in [4.69, 9.17) is 0 Å². The molecular weight excluding hydrogens is 348 g/mol. The number of fused-ring (bicyclic) bond motifs is 1. The van der Waals surface area contributed by atoms with Crippen LogP contribution in [0.4, 0.5) is 0 Å². The highest BCUT2D eigenvalue weighted by molar-refractivity contribution is 9.11. The van der Waals surface area contributed by atoms with E-state index in [0.717, 1.165) is 38.4 Å². The predicted molar refractivity (Wildman–Crippen MR) is 90.1 cm³/mol. The monoisotopic (exact) mass is 362 g/mol. The second-order valence-corrected chi connectivity index (χ2v) is 7.34. The molecule has 0 radical (unpaired) electrons. The van der Waals surface area contributed by atoms with Gasteiger partial charge in [-0.3, -0.25) is 4.79 Å². The molecule has 0 aliphatic carbocycles. The predicted octanol–water partition coefficient (Wildman–Crippen LogP) is 4.70. The van der Waals surface area contributed by atoms with Crippen LogP contribution in [0.15, 0.2) is 40.2 Å². The number of para-hydroxylation sites is 2. The molecule has 0 aliphatic rings. The lowest BCUT2D eigenvalue weighted by Crippen LogP contribution is -2.12. The number of Topliss-reactive ketones (excluding diaryl/α,β-unsaturated/α-hetero) is 1. The Labute approximate surface area is 135 Å². The van der Waals surface area contributed by atoms with E-state index < -0.39 is 0 Å². The Morgan fingerprint density at radius 3 is 2.81 bits per heavy atom. The number of hydrogen-bond donors (Lipinski definition) is 0. The zero-order valence-electron chi connectivity index (χ0n) is 11.7. The Balaban J connectivity index is 1.98. The molecule has 0 spiro atoms. The van der Waals surface area contributed by atoms with Crippen LogP contribution in [0.3, 0.4) is 0 Å². The standard InChI is InChI=1S/C16H15BrN2OS/c1-2-5-16-18-11-6-3-4-7-12(11)19(16)10-13(20)14-8-9-15(17)21-14/h3-4,6-9H,2,5,10H2,1H3. The second kappa shape index (κ2) is 6.12. The summed E-state index contributed by atoms with van der Waals surface area (Å²) in [6.07, 6.45) is 1.90. The summed E-state index contributed by atoms with van der Waals surface area (Å²) in [5.41, 5.74) is 1.99. The summed E-state index contributed by atoms with van der Waals surface area (Å²) in [6, 6.07) is 11.8. The maximum atomic E-state index is 12.5. The van der Waals surface area contributed by atoms with E-state index >= 15 is 0 Å². The van der Waals surface area contributed by atoms with Crippen LogP contribution in [0, 0.1) is 0 Å². The first-order valence-electron chi connectivity index (χ1n) is 6.91. The van der Waals surface area contributed by atoms with Gasteiger partial charge in [0.15, 0.2) is 5.78 Å². The number of carbonyl (C=O) groups is 1. The molecule has 3 aromatic rings. The molecule has 2 aromatic heterocycles. The normalized spacial score (nSPS) is 11.1. The van der Waals surface area contributed by atoms with Gasteiger partial charge in [0, 0.05) is 6.42 Å². The molecule has 0 saturated heterocycles. The van der Waals surface area contributed by atoms with Crippen molar-refractivity contribution in [1.82, 2.24) is 9.55 Å². The number of carbonyl (C=O) groups excluding carboxylic acids is 1. The SMILES string of the molecule is CCCc1nc2ccccc2n1CC(=O)c1ccc(Br)s1. The lowest BCUT2D eigenvalue weighted by Gasteiger charge is -2.07.